The molecule has 2 spiro atoms. The van der Waals surface area contributed by atoms with E-state index < -0.39 is 23.7 Å². The first-order chi connectivity index (χ1) is 12.7. The van der Waals surface area contributed by atoms with Crippen LogP contribution in [0.2, 0.25) is 0 Å². The minimum absolute atomic E-state index is 0.0344. The van der Waals surface area contributed by atoms with Crippen LogP contribution in [0.3, 0.4) is 0 Å². The molecule has 5 aliphatic carbocycles. The molecule has 1 heterocycles. The van der Waals surface area contributed by atoms with Crippen molar-refractivity contribution in [3.63, 3.8) is 0 Å². The summed E-state index contributed by atoms with van der Waals surface area (Å²) in [5.41, 5.74) is -0.0521. The van der Waals surface area contributed by atoms with Gasteiger partial charge in [-0.25, -0.2) is 0 Å². The molecule has 7 bridgehead atoms. The molecular weight excluding hydrogens is 342 g/mol. The van der Waals surface area contributed by atoms with E-state index in [1.807, 2.05) is 6.92 Å². The van der Waals surface area contributed by atoms with Crippen molar-refractivity contribution in [2.75, 3.05) is 13.1 Å². The number of hydrogen-bond donors (Lipinski definition) is 3. The number of fused-ring (bicyclic) bond motifs is 1. The minimum atomic E-state index is -0.638. The summed E-state index contributed by atoms with van der Waals surface area (Å²) in [6.45, 7) is 9.62. The molecule has 3 N–H and O–H groups in total. The second-order valence-electron chi connectivity index (χ2n) is 11.2. The van der Waals surface area contributed by atoms with Gasteiger partial charge in [0.1, 0.15) is 6.04 Å². The highest BCUT2D eigenvalue weighted by molar-refractivity contribution is 5.38. The van der Waals surface area contributed by atoms with Crippen molar-refractivity contribution in [1.82, 2.24) is 0 Å². The molecule has 6 rings (SSSR count). The highest BCUT2D eigenvalue weighted by Crippen LogP contribution is 2.84. The molecule has 27 heavy (non-hydrogen) atoms. The normalized spacial score (nSPS) is 68.3. The number of nitrogens with zero attached hydrogens (tertiary/aromatic N) is 1. The number of hydrogen-bond acceptors (Lipinski definition) is 4. The minimum Gasteiger partial charge on any atom is -0.633 e. The van der Waals surface area contributed by atoms with E-state index in [1.54, 1.807) is 0 Å². The molecule has 0 amide bonds. The van der Waals surface area contributed by atoms with Gasteiger partial charge in [0.25, 0.3) is 0 Å². The van der Waals surface area contributed by atoms with Crippen molar-refractivity contribution in [3.8, 4) is 0 Å². The van der Waals surface area contributed by atoms with Crippen LogP contribution in [0.15, 0.2) is 12.2 Å². The molecule has 1 saturated heterocycles. The number of hydroxylamine groups is 3. The van der Waals surface area contributed by atoms with Gasteiger partial charge in [-0.3, -0.25) is 0 Å². The lowest BCUT2D eigenvalue weighted by Crippen LogP contribution is -2.73. The lowest BCUT2D eigenvalue weighted by molar-refractivity contribution is -0.927. The second-order valence-corrected chi connectivity index (χ2v) is 11.2. The van der Waals surface area contributed by atoms with Crippen LogP contribution in [-0.2, 0) is 0 Å². The molecule has 0 aromatic carbocycles. The van der Waals surface area contributed by atoms with Crippen LogP contribution < -0.4 is 0 Å². The fraction of sp³-hybridized carbons (Fsp3) is 0.909. The number of likely N-dealkylation sites (tertiary alicyclic amines) is 1. The number of piperidine rings is 1. The van der Waals surface area contributed by atoms with Crippen LogP contribution in [0, 0.1) is 45.1 Å². The van der Waals surface area contributed by atoms with Gasteiger partial charge in [-0.2, -0.15) is 0 Å². The lowest BCUT2D eigenvalue weighted by Gasteiger charge is -2.68. The Balaban J connectivity index is 1.63. The van der Waals surface area contributed by atoms with Crippen molar-refractivity contribution in [1.29, 1.82) is 0 Å². The third-order valence-electron chi connectivity index (χ3n) is 10.9. The Morgan fingerprint density at radius 2 is 1.96 bits per heavy atom. The van der Waals surface area contributed by atoms with Crippen LogP contribution in [0.5, 0.6) is 0 Å². The van der Waals surface area contributed by atoms with Crippen LogP contribution in [0.4, 0.5) is 0 Å². The molecule has 0 aromatic heterocycles. The molecule has 150 valence electrons. The summed E-state index contributed by atoms with van der Waals surface area (Å²) in [5.74, 6) is 0.473. The van der Waals surface area contributed by atoms with Crippen LogP contribution in [-0.4, -0.2) is 57.4 Å². The van der Waals surface area contributed by atoms with E-state index in [0.29, 0.717) is 25.4 Å². The first-order valence-corrected chi connectivity index (χ1v) is 11.0. The van der Waals surface area contributed by atoms with Crippen molar-refractivity contribution >= 4 is 0 Å². The summed E-state index contributed by atoms with van der Waals surface area (Å²) < 4.78 is -0.215. The maximum Gasteiger partial charge on any atom is 0.101 e. The molecule has 1 aliphatic heterocycles. The van der Waals surface area contributed by atoms with E-state index in [9.17, 15) is 20.5 Å². The summed E-state index contributed by atoms with van der Waals surface area (Å²) in [7, 11) is 0. The molecule has 5 saturated carbocycles. The first kappa shape index (κ1) is 17.4. The highest BCUT2D eigenvalue weighted by atomic mass is 16.5. The van der Waals surface area contributed by atoms with E-state index in [1.165, 1.54) is 0 Å². The highest BCUT2D eigenvalue weighted by Gasteiger charge is 2.88. The van der Waals surface area contributed by atoms with Gasteiger partial charge in [0.15, 0.2) is 0 Å². The summed E-state index contributed by atoms with van der Waals surface area (Å²) in [5, 5.41) is 48.0. The number of quaternary nitrogens is 1. The van der Waals surface area contributed by atoms with Crippen molar-refractivity contribution < 1.29 is 20.0 Å². The Bertz CT molecular complexity index is 742. The third kappa shape index (κ3) is 1.49. The third-order valence-corrected chi connectivity index (χ3v) is 10.9. The number of rotatable bonds is 1. The molecule has 0 aromatic rings. The zero-order valence-corrected chi connectivity index (χ0v) is 16.5. The van der Waals surface area contributed by atoms with Gasteiger partial charge < -0.3 is 25.2 Å². The van der Waals surface area contributed by atoms with Gasteiger partial charge in [-0.05, 0) is 56.4 Å². The van der Waals surface area contributed by atoms with Gasteiger partial charge in [-0.15, -0.1) is 0 Å². The molecule has 6 fully saturated rings. The molecule has 6 aliphatic rings. The predicted octanol–water partition coefficient (Wildman–Crippen LogP) is 1.80. The first-order valence-electron chi connectivity index (χ1n) is 11.0. The molecule has 12 unspecified atom stereocenters. The van der Waals surface area contributed by atoms with E-state index in [0.717, 1.165) is 31.3 Å². The largest absolute Gasteiger partial charge is 0.633 e. The summed E-state index contributed by atoms with van der Waals surface area (Å²) in [6.07, 6.45) is 2.37. The van der Waals surface area contributed by atoms with Gasteiger partial charge in [0, 0.05) is 22.7 Å². The Labute approximate surface area is 161 Å². The van der Waals surface area contributed by atoms with E-state index >= 15 is 0 Å². The topological polar surface area (TPSA) is 83.8 Å². The fourth-order valence-corrected chi connectivity index (χ4v) is 10.3. The zero-order valence-electron chi connectivity index (χ0n) is 16.5. The Morgan fingerprint density at radius 1 is 1.22 bits per heavy atom. The van der Waals surface area contributed by atoms with Gasteiger partial charge >= 0.3 is 0 Å². The van der Waals surface area contributed by atoms with Crippen LogP contribution in [0.1, 0.15) is 46.0 Å². The van der Waals surface area contributed by atoms with E-state index in [-0.39, 0.29) is 39.3 Å². The molecule has 5 heteroatoms. The zero-order chi connectivity index (χ0) is 19.1. The summed E-state index contributed by atoms with van der Waals surface area (Å²) in [6, 6.07) is -0.132. The average Bonchev–Trinajstić information content (AvgIpc) is 3.17. The number of aliphatic hydroxyl groups excluding tert-OH is 3. The van der Waals surface area contributed by atoms with Gasteiger partial charge in [0.2, 0.25) is 0 Å². The predicted molar refractivity (Wildman–Crippen MR) is 100 cm³/mol. The monoisotopic (exact) mass is 375 g/mol. The van der Waals surface area contributed by atoms with Crippen molar-refractivity contribution in [2.24, 2.45) is 39.9 Å². The summed E-state index contributed by atoms with van der Waals surface area (Å²) in [4.78, 5) is 0. The van der Waals surface area contributed by atoms with E-state index in [4.69, 9.17) is 0 Å². The lowest BCUT2D eigenvalue weighted by atomic mass is 9.43. The molecule has 0 radical (unpaired) electrons. The SMILES string of the molecule is C=C1C2CC3(C1O)C1CC4C5(C)CCC(O)C4(C3CC2O)C1[N+]([O-])(CC)C5. The number of aliphatic hydroxyl groups is 3. The smallest absolute Gasteiger partial charge is 0.101 e. The molecule has 12 atom stereocenters. The maximum absolute atomic E-state index is 14.2. The summed E-state index contributed by atoms with van der Waals surface area (Å²) >= 11 is 0. The average molecular weight is 376 g/mol. The van der Waals surface area contributed by atoms with Crippen LogP contribution >= 0.6 is 0 Å². The van der Waals surface area contributed by atoms with Crippen molar-refractivity contribution in [3.05, 3.63) is 17.4 Å². The van der Waals surface area contributed by atoms with Gasteiger partial charge in [-0.1, -0.05) is 13.5 Å². The maximum atomic E-state index is 14.2. The van der Waals surface area contributed by atoms with Crippen molar-refractivity contribution in [2.45, 2.75) is 70.3 Å². The fourth-order valence-electron chi connectivity index (χ4n) is 10.3. The quantitative estimate of drug-likeness (QED) is 0.371. The second kappa shape index (κ2) is 4.65. The standard InChI is InChI=1S/C22H33NO4/c1-4-23(27)10-20(3)6-5-17(25)22-15(20)7-13(18(22)23)21-9-12(11(2)19(21)26)14(24)8-16(21)22/h12-19,24-26H,2,4-10H2,1,3H3. The van der Waals surface area contributed by atoms with Gasteiger partial charge in [0.05, 0.1) is 36.8 Å². The van der Waals surface area contributed by atoms with Crippen LogP contribution in [0.25, 0.3) is 0 Å². The van der Waals surface area contributed by atoms with E-state index in [2.05, 4.69) is 13.5 Å². The Hall–Kier alpha value is -0.460. The Kier molecular flexibility index (Phi) is 2.99. The Morgan fingerprint density at radius 3 is 2.67 bits per heavy atom. The molecule has 5 nitrogen and oxygen atoms in total. The molecular formula is C22H33NO4.